The number of thioether (sulfide) groups is 1. The van der Waals surface area contributed by atoms with Crippen molar-refractivity contribution in [2.45, 2.75) is 31.3 Å². The van der Waals surface area contributed by atoms with Crippen molar-refractivity contribution in [3.05, 3.63) is 0 Å². The molecular weight excluding hydrogens is 208 g/mol. The Morgan fingerprint density at radius 2 is 2.07 bits per heavy atom. The Labute approximate surface area is 97.7 Å². The lowest BCUT2D eigenvalue weighted by Crippen LogP contribution is -2.57. The van der Waals surface area contributed by atoms with Crippen LogP contribution in [0.3, 0.4) is 0 Å². The van der Waals surface area contributed by atoms with Crippen LogP contribution in [0.1, 0.15) is 19.8 Å². The van der Waals surface area contributed by atoms with Crippen molar-refractivity contribution < 1.29 is 4.74 Å². The number of rotatable bonds is 5. The molecule has 0 amide bonds. The monoisotopic (exact) mass is 232 g/mol. The molecule has 3 nitrogen and oxygen atoms in total. The van der Waals surface area contributed by atoms with Crippen molar-refractivity contribution in [1.29, 1.82) is 0 Å². The summed E-state index contributed by atoms with van der Waals surface area (Å²) in [4.78, 5) is 2.43. The standard InChI is InChI=1S/C11H24N2OS/c1-10(8-14-3)13(2)11(9-12)4-6-15-7-5-11/h10H,4-9,12H2,1-3H3. The molecule has 2 N–H and O–H groups in total. The third-order valence-corrected chi connectivity index (χ3v) is 4.61. The van der Waals surface area contributed by atoms with Crippen LogP contribution >= 0.6 is 11.8 Å². The average molecular weight is 232 g/mol. The molecule has 1 fully saturated rings. The zero-order valence-corrected chi connectivity index (χ0v) is 11.0. The average Bonchev–Trinajstić information content (AvgIpc) is 2.29. The molecule has 0 aromatic rings. The maximum atomic E-state index is 5.98. The minimum Gasteiger partial charge on any atom is -0.383 e. The number of hydrogen-bond donors (Lipinski definition) is 1. The summed E-state index contributed by atoms with van der Waals surface area (Å²) in [5.74, 6) is 2.47. The lowest BCUT2D eigenvalue weighted by atomic mass is 9.89. The van der Waals surface area contributed by atoms with Crippen molar-refractivity contribution in [3.63, 3.8) is 0 Å². The van der Waals surface area contributed by atoms with Crippen molar-refractivity contribution in [2.75, 3.05) is 38.8 Å². The first-order valence-electron chi connectivity index (χ1n) is 5.66. The molecule has 0 radical (unpaired) electrons. The Morgan fingerprint density at radius 1 is 1.47 bits per heavy atom. The van der Waals surface area contributed by atoms with Gasteiger partial charge in [0.15, 0.2) is 0 Å². The molecule has 1 saturated heterocycles. The normalized spacial score (nSPS) is 23.0. The lowest BCUT2D eigenvalue weighted by molar-refractivity contribution is 0.0328. The summed E-state index contributed by atoms with van der Waals surface area (Å²) in [6.07, 6.45) is 2.41. The smallest absolute Gasteiger partial charge is 0.0615 e. The molecule has 0 aromatic heterocycles. The van der Waals surface area contributed by atoms with Gasteiger partial charge in [0.05, 0.1) is 6.61 Å². The summed E-state index contributed by atoms with van der Waals surface area (Å²) in [7, 11) is 3.95. The Morgan fingerprint density at radius 3 is 2.53 bits per heavy atom. The van der Waals surface area contributed by atoms with Crippen LogP contribution in [0.2, 0.25) is 0 Å². The van der Waals surface area contributed by atoms with E-state index in [0.717, 1.165) is 13.2 Å². The van der Waals surface area contributed by atoms with E-state index >= 15 is 0 Å². The first kappa shape index (κ1) is 13.3. The van der Waals surface area contributed by atoms with E-state index in [4.69, 9.17) is 10.5 Å². The largest absolute Gasteiger partial charge is 0.383 e. The molecule has 0 saturated carbocycles. The molecule has 1 aliphatic rings. The molecule has 1 atom stereocenters. The molecule has 1 rings (SSSR count). The highest BCUT2D eigenvalue weighted by Gasteiger charge is 2.36. The van der Waals surface area contributed by atoms with E-state index in [-0.39, 0.29) is 5.54 Å². The summed E-state index contributed by atoms with van der Waals surface area (Å²) >= 11 is 2.04. The fraction of sp³-hybridized carbons (Fsp3) is 1.00. The topological polar surface area (TPSA) is 38.5 Å². The molecule has 90 valence electrons. The fourth-order valence-corrected chi connectivity index (χ4v) is 3.53. The van der Waals surface area contributed by atoms with Crippen LogP contribution in [0.15, 0.2) is 0 Å². The van der Waals surface area contributed by atoms with E-state index in [0.29, 0.717) is 6.04 Å². The van der Waals surface area contributed by atoms with E-state index in [2.05, 4.69) is 18.9 Å². The van der Waals surface area contributed by atoms with Gasteiger partial charge in [0, 0.05) is 25.2 Å². The predicted molar refractivity (Wildman–Crippen MR) is 67.4 cm³/mol. The van der Waals surface area contributed by atoms with Gasteiger partial charge >= 0.3 is 0 Å². The Hall–Kier alpha value is 0.230. The number of nitrogens with zero attached hydrogens (tertiary/aromatic N) is 1. The highest BCUT2D eigenvalue weighted by atomic mass is 32.2. The molecule has 0 aromatic carbocycles. The minimum atomic E-state index is 0.212. The minimum absolute atomic E-state index is 0.212. The summed E-state index contributed by atoms with van der Waals surface area (Å²) in [6, 6.07) is 0.446. The molecule has 4 heteroatoms. The molecule has 0 spiro atoms. The van der Waals surface area contributed by atoms with E-state index in [1.54, 1.807) is 7.11 Å². The fourth-order valence-electron chi connectivity index (χ4n) is 2.27. The predicted octanol–water partition coefficient (Wildman–Crippen LogP) is 1.18. The first-order chi connectivity index (χ1) is 7.16. The van der Waals surface area contributed by atoms with Gasteiger partial charge in [-0.1, -0.05) is 0 Å². The van der Waals surface area contributed by atoms with E-state index in [1.165, 1.54) is 24.3 Å². The van der Waals surface area contributed by atoms with Crippen LogP contribution in [0.25, 0.3) is 0 Å². The number of likely N-dealkylation sites (N-methyl/N-ethyl adjacent to an activating group) is 1. The van der Waals surface area contributed by atoms with Gasteiger partial charge < -0.3 is 10.5 Å². The van der Waals surface area contributed by atoms with Gasteiger partial charge in [-0.2, -0.15) is 11.8 Å². The van der Waals surface area contributed by atoms with Crippen molar-refractivity contribution in [3.8, 4) is 0 Å². The van der Waals surface area contributed by atoms with Gasteiger partial charge in [-0.15, -0.1) is 0 Å². The summed E-state index contributed by atoms with van der Waals surface area (Å²) in [6.45, 7) is 3.76. The number of ether oxygens (including phenoxy) is 1. The van der Waals surface area contributed by atoms with Gasteiger partial charge in [0.2, 0.25) is 0 Å². The second kappa shape index (κ2) is 6.09. The van der Waals surface area contributed by atoms with Crippen LogP contribution in [-0.2, 0) is 4.74 Å². The third kappa shape index (κ3) is 3.09. The Kier molecular flexibility index (Phi) is 5.39. The van der Waals surface area contributed by atoms with Gasteiger partial charge in [-0.25, -0.2) is 0 Å². The molecular formula is C11H24N2OS. The molecule has 1 unspecified atom stereocenters. The van der Waals surface area contributed by atoms with Crippen LogP contribution < -0.4 is 5.73 Å². The van der Waals surface area contributed by atoms with Crippen molar-refractivity contribution in [1.82, 2.24) is 4.90 Å². The van der Waals surface area contributed by atoms with E-state index < -0.39 is 0 Å². The van der Waals surface area contributed by atoms with Crippen LogP contribution in [0, 0.1) is 0 Å². The van der Waals surface area contributed by atoms with Crippen molar-refractivity contribution >= 4 is 11.8 Å². The maximum Gasteiger partial charge on any atom is 0.0615 e. The van der Waals surface area contributed by atoms with Gasteiger partial charge in [0.25, 0.3) is 0 Å². The highest BCUT2D eigenvalue weighted by molar-refractivity contribution is 7.99. The zero-order valence-electron chi connectivity index (χ0n) is 10.2. The number of nitrogens with two attached hydrogens (primary N) is 1. The summed E-state index contributed by atoms with van der Waals surface area (Å²) in [5.41, 5.74) is 6.19. The molecule has 15 heavy (non-hydrogen) atoms. The number of methoxy groups -OCH3 is 1. The summed E-state index contributed by atoms with van der Waals surface area (Å²) in [5, 5.41) is 0. The van der Waals surface area contributed by atoms with Crippen LogP contribution in [0.4, 0.5) is 0 Å². The van der Waals surface area contributed by atoms with Crippen LogP contribution in [-0.4, -0.2) is 55.3 Å². The van der Waals surface area contributed by atoms with Crippen LogP contribution in [0.5, 0.6) is 0 Å². The maximum absolute atomic E-state index is 5.98. The molecule has 1 aliphatic heterocycles. The van der Waals surface area contributed by atoms with Crippen molar-refractivity contribution in [2.24, 2.45) is 5.73 Å². The van der Waals surface area contributed by atoms with Gasteiger partial charge in [0.1, 0.15) is 0 Å². The second-order valence-corrected chi connectivity index (χ2v) is 5.68. The van der Waals surface area contributed by atoms with E-state index in [9.17, 15) is 0 Å². The highest BCUT2D eigenvalue weighted by Crippen LogP contribution is 2.32. The number of hydrogen-bond acceptors (Lipinski definition) is 4. The Bertz CT molecular complexity index is 183. The Balaban J connectivity index is 2.62. The molecule has 1 heterocycles. The second-order valence-electron chi connectivity index (χ2n) is 4.46. The lowest BCUT2D eigenvalue weighted by Gasteiger charge is -2.46. The van der Waals surface area contributed by atoms with Gasteiger partial charge in [-0.3, -0.25) is 4.90 Å². The first-order valence-corrected chi connectivity index (χ1v) is 6.81. The quantitative estimate of drug-likeness (QED) is 0.772. The molecule has 0 aliphatic carbocycles. The third-order valence-electron chi connectivity index (χ3n) is 3.62. The van der Waals surface area contributed by atoms with E-state index in [1.807, 2.05) is 11.8 Å². The SMILES string of the molecule is COCC(C)N(C)C1(CN)CCSCC1. The zero-order chi connectivity index (χ0) is 11.3. The molecule has 0 bridgehead atoms. The van der Waals surface area contributed by atoms with Gasteiger partial charge in [-0.05, 0) is 38.3 Å². The summed E-state index contributed by atoms with van der Waals surface area (Å²) < 4.78 is 5.22.